The summed E-state index contributed by atoms with van der Waals surface area (Å²) in [5, 5.41) is 12.0. The van der Waals surface area contributed by atoms with Gasteiger partial charge in [0.15, 0.2) is 5.65 Å². The number of aromatic amines is 1. The molecule has 0 fully saturated rings. The molecule has 3 aromatic rings. The summed E-state index contributed by atoms with van der Waals surface area (Å²) in [7, 11) is 0. The highest BCUT2D eigenvalue weighted by Crippen LogP contribution is 2.28. The average Bonchev–Trinajstić information content (AvgIpc) is 3.12. The van der Waals surface area contributed by atoms with E-state index < -0.39 is 5.97 Å². The van der Waals surface area contributed by atoms with E-state index in [1.54, 1.807) is 18.3 Å². The Balaban J connectivity index is 1.97. The minimum atomic E-state index is -1.06. The van der Waals surface area contributed by atoms with Crippen LogP contribution in [0.4, 0.5) is 0 Å². The monoisotopic (exact) mass is 330 g/mol. The van der Waals surface area contributed by atoms with Crippen molar-refractivity contribution in [3.63, 3.8) is 0 Å². The number of H-pyrrole nitrogens is 1. The zero-order valence-electron chi connectivity index (χ0n) is 12.5. The van der Waals surface area contributed by atoms with Crippen molar-refractivity contribution in [3.8, 4) is 10.6 Å². The second kappa shape index (κ2) is 5.81. The average molecular weight is 330 g/mol. The number of carboxylic acids is 1. The molecule has 118 valence electrons. The number of hydrogen-bond donors (Lipinski definition) is 3. The van der Waals surface area contributed by atoms with Crippen molar-refractivity contribution in [2.75, 3.05) is 0 Å². The molecule has 23 heavy (non-hydrogen) atoms. The minimum Gasteiger partial charge on any atom is -0.478 e. The predicted molar refractivity (Wildman–Crippen MR) is 86.8 cm³/mol. The smallest absolute Gasteiger partial charge is 0.339 e. The Morgan fingerprint density at radius 1 is 1.35 bits per heavy atom. The first kappa shape index (κ1) is 15.2. The first-order valence-electron chi connectivity index (χ1n) is 6.94. The third kappa shape index (κ3) is 2.93. The fourth-order valence-corrected chi connectivity index (χ4v) is 2.97. The van der Waals surface area contributed by atoms with Crippen LogP contribution in [0.25, 0.3) is 21.7 Å². The standard InChI is InChI=1S/C15H14N4O3S/c1-7(2)18-14(20)11-4-3-10(23-11)9-6-17-13-12(19-9)8(5-16-13)15(21)22/h3-7H,1-2H3,(H,16,17)(H,18,20)(H,21,22). The maximum Gasteiger partial charge on any atom is 0.339 e. The molecule has 0 aliphatic carbocycles. The van der Waals surface area contributed by atoms with Crippen LogP contribution in [-0.2, 0) is 0 Å². The van der Waals surface area contributed by atoms with Crippen LogP contribution < -0.4 is 5.32 Å². The molecule has 0 aromatic carbocycles. The summed E-state index contributed by atoms with van der Waals surface area (Å²) in [6.07, 6.45) is 2.92. The van der Waals surface area contributed by atoms with Crippen LogP contribution in [0, 0.1) is 0 Å². The van der Waals surface area contributed by atoms with Gasteiger partial charge in [-0.2, -0.15) is 0 Å². The lowest BCUT2D eigenvalue weighted by molar-refractivity contribution is 0.0698. The summed E-state index contributed by atoms with van der Waals surface area (Å²) in [6.45, 7) is 3.79. The molecule has 0 spiro atoms. The van der Waals surface area contributed by atoms with E-state index in [0.717, 1.165) is 4.88 Å². The first-order chi connectivity index (χ1) is 11.0. The van der Waals surface area contributed by atoms with Gasteiger partial charge in [0.25, 0.3) is 5.91 Å². The molecule has 0 bridgehead atoms. The lowest BCUT2D eigenvalue weighted by Crippen LogP contribution is -2.29. The van der Waals surface area contributed by atoms with Crippen LogP contribution in [-0.4, -0.2) is 38.0 Å². The van der Waals surface area contributed by atoms with E-state index in [2.05, 4.69) is 20.3 Å². The Labute approximate surface area is 135 Å². The Morgan fingerprint density at radius 3 is 2.83 bits per heavy atom. The molecule has 0 saturated carbocycles. The molecular weight excluding hydrogens is 316 g/mol. The highest BCUT2D eigenvalue weighted by molar-refractivity contribution is 7.17. The summed E-state index contributed by atoms with van der Waals surface area (Å²) in [5.41, 5.74) is 1.33. The van der Waals surface area contributed by atoms with Gasteiger partial charge in [-0.05, 0) is 26.0 Å². The van der Waals surface area contributed by atoms with Gasteiger partial charge in [-0.25, -0.2) is 14.8 Å². The topological polar surface area (TPSA) is 108 Å². The molecule has 3 aromatic heterocycles. The molecule has 0 unspecified atom stereocenters. The van der Waals surface area contributed by atoms with Crippen molar-refractivity contribution in [1.82, 2.24) is 20.3 Å². The lowest BCUT2D eigenvalue weighted by Gasteiger charge is -2.05. The zero-order chi connectivity index (χ0) is 16.6. The Hall–Kier alpha value is -2.74. The van der Waals surface area contributed by atoms with Crippen molar-refractivity contribution < 1.29 is 14.7 Å². The molecule has 0 saturated heterocycles. The van der Waals surface area contributed by atoms with Gasteiger partial charge in [-0.1, -0.05) is 0 Å². The van der Waals surface area contributed by atoms with E-state index in [1.165, 1.54) is 17.5 Å². The molecule has 3 heterocycles. The fraction of sp³-hybridized carbons (Fsp3) is 0.200. The van der Waals surface area contributed by atoms with Gasteiger partial charge in [0.2, 0.25) is 0 Å². The van der Waals surface area contributed by atoms with Crippen molar-refractivity contribution in [2.45, 2.75) is 19.9 Å². The quantitative estimate of drug-likeness (QED) is 0.681. The molecular formula is C15H14N4O3S. The highest BCUT2D eigenvalue weighted by Gasteiger charge is 2.16. The van der Waals surface area contributed by atoms with E-state index in [4.69, 9.17) is 5.11 Å². The number of rotatable bonds is 4. The van der Waals surface area contributed by atoms with Gasteiger partial charge in [-0.15, -0.1) is 11.3 Å². The number of thiophene rings is 1. The lowest BCUT2D eigenvalue weighted by atomic mass is 10.3. The van der Waals surface area contributed by atoms with Crippen LogP contribution in [0.15, 0.2) is 24.5 Å². The van der Waals surface area contributed by atoms with Gasteiger partial charge in [0, 0.05) is 12.2 Å². The number of carbonyl (C=O) groups is 2. The van der Waals surface area contributed by atoms with Gasteiger partial charge >= 0.3 is 5.97 Å². The van der Waals surface area contributed by atoms with E-state index in [-0.39, 0.29) is 17.5 Å². The number of amides is 1. The predicted octanol–water partition coefficient (Wildman–Crippen LogP) is 2.52. The van der Waals surface area contributed by atoms with Crippen LogP contribution in [0.3, 0.4) is 0 Å². The molecule has 3 N–H and O–H groups in total. The molecule has 0 aliphatic heterocycles. The molecule has 0 atom stereocenters. The van der Waals surface area contributed by atoms with E-state index in [0.29, 0.717) is 21.7 Å². The number of carboxylic acid groups (broad SMARTS) is 1. The van der Waals surface area contributed by atoms with Gasteiger partial charge in [0.1, 0.15) is 11.1 Å². The zero-order valence-corrected chi connectivity index (χ0v) is 13.3. The van der Waals surface area contributed by atoms with Crippen molar-refractivity contribution in [3.05, 3.63) is 35.0 Å². The first-order valence-corrected chi connectivity index (χ1v) is 7.76. The molecule has 3 rings (SSSR count). The number of carbonyl (C=O) groups excluding carboxylic acids is 1. The molecule has 0 aliphatic rings. The maximum atomic E-state index is 12.0. The van der Waals surface area contributed by atoms with Crippen LogP contribution in [0.1, 0.15) is 33.9 Å². The molecule has 1 amide bonds. The maximum absolute atomic E-state index is 12.0. The Morgan fingerprint density at radius 2 is 2.13 bits per heavy atom. The minimum absolute atomic E-state index is 0.0576. The van der Waals surface area contributed by atoms with E-state index >= 15 is 0 Å². The van der Waals surface area contributed by atoms with Gasteiger partial charge < -0.3 is 15.4 Å². The second-order valence-electron chi connectivity index (χ2n) is 5.25. The summed E-state index contributed by atoms with van der Waals surface area (Å²) >= 11 is 1.29. The van der Waals surface area contributed by atoms with Crippen molar-refractivity contribution in [2.24, 2.45) is 0 Å². The number of aromatic nitrogens is 3. The molecule has 8 heteroatoms. The van der Waals surface area contributed by atoms with E-state index in [1.807, 2.05) is 13.8 Å². The summed E-state index contributed by atoms with van der Waals surface area (Å²) < 4.78 is 0. The summed E-state index contributed by atoms with van der Waals surface area (Å²) in [5.74, 6) is -1.20. The van der Waals surface area contributed by atoms with Crippen LogP contribution in [0.2, 0.25) is 0 Å². The van der Waals surface area contributed by atoms with E-state index in [9.17, 15) is 9.59 Å². The van der Waals surface area contributed by atoms with Crippen LogP contribution >= 0.6 is 11.3 Å². The third-order valence-electron chi connectivity index (χ3n) is 3.11. The van der Waals surface area contributed by atoms with Gasteiger partial charge in [0.05, 0.1) is 21.6 Å². The van der Waals surface area contributed by atoms with Crippen molar-refractivity contribution in [1.29, 1.82) is 0 Å². The van der Waals surface area contributed by atoms with Crippen molar-refractivity contribution >= 4 is 34.4 Å². The Kier molecular flexibility index (Phi) is 3.83. The molecule has 7 nitrogen and oxygen atoms in total. The normalized spacial score (nSPS) is 11.1. The fourth-order valence-electron chi connectivity index (χ4n) is 2.10. The Bertz CT molecular complexity index is 897. The van der Waals surface area contributed by atoms with Crippen LogP contribution in [0.5, 0.6) is 0 Å². The highest BCUT2D eigenvalue weighted by atomic mass is 32.1. The summed E-state index contributed by atoms with van der Waals surface area (Å²) in [6, 6.07) is 3.56. The number of fused-ring (bicyclic) bond motifs is 1. The number of aromatic carboxylic acids is 1. The number of nitrogens with zero attached hydrogens (tertiary/aromatic N) is 2. The molecule has 0 radical (unpaired) electrons. The number of nitrogens with one attached hydrogen (secondary N) is 2. The van der Waals surface area contributed by atoms with Gasteiger partial charge in [-0.3, -0.25) is 4.79 Å². The largest absolute Gasteiger partial charge is 0.478 e. The SMILES string of the molecule is CC(C)NC(=O)c1ccc(-c2cnc3[nH]cc(C(=O)O)c3n2)s1. The number of hydrogen-bond acceptors (Lipinski definition) is 5. The third-order valence-corrected chi connectivity index (χ3v) is 4.22. The second-order valence-corrected chi connectivity index (χ2v) is 6.34. The summed E-state index contributed by atoms with van der Waals surface area (Å²) in [4.78, 5) is 35.8.